The highest BCUT2D eigenvalue weighted by atomic mass is 16.6. The van der Waals surface area contributed by atoms with Gasteiger partial charge < -0.3 is 20.1 Å². The summed E-state index contributed by atoms with van der Waals surface area (Å²) in [5, 5.41) is 5.99. The van der Waals surface area contributed by atoms with E-state index >= 15 is 0 Å². The van der Waals surface area contributed by atoms with Crippen molar-refractivity contribution in [3.63, 3.8) is 0 Å². The Hall–Kier alpha value is -1.30. The second kappa shape index (κ2) is 6.75. The molecule has 1 fully saturated rings. The van der Waals surface area contributed by atoms with Gasteiger partial charge in [-0.25, -0.2) is 4.79 Å². The summed E-state index contributed by atoms with van der Waals surface area (Å²) in [5.41, 5.74) is -0.521. The van der Waals surface area contributed by atoms with Crippen molar-refractivity contribution < 1.29 is 19.1 Å². The van der Waals surface area contributed by atoms with Crippen LogP contribution in [0, 0.1) is 0 Å². The molecule has 0 unspecified atom stereocenters. The number of carbonyl (C=O) groups is 2. The van der Waals surface area contributed by atoms with E-state index in [4.69, 9.17) is 9.47 Å². The van der Waals surface area contributed by atoms with Gasteiger partial charge in [-0.15, -0.1) is 0 Å². The van der Waals surface area contributed by atoms with E-state index in [2.05, 4.69) is 10.6 Å². The first-order valence-corrected chi connectivity index (χ1v) is 6.70. The standard InChI is InChI=1S/C13H24N2O4/c1-5-18-11(16)8-10-9(6-7-14-10)15-12(17)19-13(2,3)4/h9-10,14H,5-8H2,1-4H3,(H,15,17)/t9-,10+/m0/s1. The van der Waals surface area contributed by atoms with Gasteiger partial charge in [0.15, 0.2) is 0 Å². The Morgan fingerprint density at radius 1 is 1.37 bits per heavy atom. The molecule has 110 valence electrons. The maximum absolute atomic E-state index is 11.7. The number of rotatable bonds is 4. The summed E-state index contributed by atoms with van der Waals surface area (Å²) in [4.78, 5) is 23.1. The molecule has 1 saturated heterocycles. The van der Waals surface area contributed by atoms with Crippen LogP contribution in [0.1, 0.15) is 40.5 Å². The van der Waals surface area contributed by atoms with Gasteiger partial charge in [0.1, 0.15) is 5.60 Å². The number of amides is 1. The van der Waals surface area contributed by atoms with Crippen LogP contribution in [0.15, 0.2) is 0 Å². The highest BCUT2D eigenvalue weighted by molar-refractivity contribution is 5.71. The number of ether oxygens (including phenoxy) is 2. The molecule has 0 aromatic carbocycles. The summed E-state index contributed by atoms with van der Waals surface area (Å²) in [7, 11) is 0. The van der Waals surface area contributed by atoms with Crippen LogP contribution in [0.4, 0.5) is 4.79 Å². The zero-order valence-corrected chi connectivity index (χ0v) is 12.1. The molecule has 1 aliphatic heterocycles. The summed E-state index contributed by atoms with van der Waals surface area (Å²) in [6.07, 6.45) is 0.590. The highest BCUT2D eigenvalue weighted by Crippen LogP contribution is 2.13. The fraction of sp³-hybridized carbons (Fsp3) is 0.846. The van der Waals surface area contributed by atoms with Gasteiger partial charge in [0.25, 0.3) is 0 Å². The normalized spacial score (nSPS) is 22.9. The molecule has 1 rings (SSSR count). The van der Waals surface area contributed by atoms with E-state index in [-0.39, 0.29) is 24.5 Å². The Balaban J connectivity index is 2.43. The molecular weight excluding hydrogens is 248 g/mol. The molecule has 2 N–H and O–H groups in total. The zero-order valence-electron chi connectivity index (χ0n) is 12.1. The van der Waals surface area contributed by atoms with Gasteiger partial charge in [0.05, 0.1) is 13.0 Å². The number of alkyl carbamates (subject to hydrolysis) is 1. The monoisotopic (exact) mass is 272 g/mol. The molecule has 19 heavy (non-hydrogen) atoms. The molecule has 6 heteroatoms. The molecule has 0 spiro atoms. The van der Waals surface area contributed by atoms with Crippen molar-refractivity contribution in [2.45, 2.75) is 58.2 Å². The van der Waals surface area contributed by atoms with Gasteiger partial charge >= 0.3 is 12.1 Å². The van der Waals surface area contributed by atoms with Gasteiger partial charge in [-0.05, 0) is 40.7 Å². The third-order valence-electron chi connectivity index (χ3n) is 2.74. The molecule has 2 atom stereocenters. The number of nitrogens with one attached hydrogen (secondary N) is 2. The molecule has 0 bridgehead atoms. The predicted molar refractivity (Wildman–Crippen MR) is 70.8 cm³/mol. The number of hydrogen-bond donors (Lipinski definition) is 2. The number of esters is 1. The van der Waals surface area contributed by atoms with Crippen LogP contribution in [-0.2, 0) is 14.3 Å². The average molecular weight is 272 g/mol. The van der Waals surface area contributed by atoms with Crippen molar-refractivity contribution in [3.8, 4) is 0 Å². The van der Waals surface area contributed by atoms with Crippen molar-refractivity contribution in [2.24, 2.45) is 0 Å². The first-order valence-electron chi connectivity index (χ1n) is 6.70. The van der Waals surface area contributed by atoms with E-state index in [1.54, 1.807) is 6.92 Å². The van der Waals surface area contributed by atoms with Crippen molar-refractivity contribution >= 4 is 12.1 Å². The van der Waals surface area contributed by atoms with Gasteiger partial charge in [0, 0.05) is 12.1 Å². The summed E-state index contributed by atoms with van der Waals surface area (Å²) in [6, 6.07) is -0.189. The molecule has 1 amide bonds. The molecule has 0 saturated carbocycles. The van der Waals surface area contributed by atoms with Gasteiger partial charge in [-0.2, -0.15) is 0 Å². The number of carbonyl (C=O) groups excluding carboxylic acids is 2. The molecule has 0 aromatic heterocycles. The topological polar surface area (TPSA) is 76.7 Å². The van der Waals surface area contributed by atoms with Crippen molar-refractivity contribution in [1.29, 1.82) is 0 Å². The lowest BCUT2D eigenvalue weighted by Crippen LogP contribution is -2.46. The van der Waals surface area contributed by atoms with E-state index in [1.165, 1.54) is 0 Å². The van der Waals surface area contributed by atoms with Gasteiger partial charge in [-0.3, -0.25) is 4.79 Å². The summed E-state index contributed by atoms with van der Waals surface area (Å²) >= 11 is 0. The Kier molecular flexibility index (Phi) is 5.60. The largest absolute Gasteiger partial charge is 0.466 e. The van der Waals surface area contributed by atoms with Crippen molar-refractivity contribution in [2.75, 3.05) is 13.2 Å². The smallest absolute Gasteiger partial charge is 0.407 e. The van der Waals surface area contributed by atoms with E-state index in [0.717, 1.165) is 13.0 Å². The molecule has 1 heterocycles. The summed E-state index contributed by atoms with van der Waals surface area (Å²) in [6.45, 7) is 8.36. The maximum atomic E-state index is 11.7. The average Bonchev–Trinajstić information content (AvgIpc) is 2.62. The van der Waals surface area contributed by atoms with Crippen LogP contribution in [0.5, 0.6) is 0 Å². The fourth-order valence-electron chi connectivity index (χ4n) is 2.01. The van der Waals surface area contributed by atoms with Crippen LogP contribution in [0.2, 0.25) is 0 Å². The van der Waals surface area contributed by atoms with Crippen LogP contribution in [0.25, 0.3) is 0 Å². The molecule has 1 aliphatic rings. The Bertz CT molecular complexity index is 325. The van der Waals surface area contributed by atoms with E-state index in [9.17, 15) is 9.59 Å². The van der Waals surface area contributed by atoms with Crippen LogP contribution >= 0.6 is 0 Å². The fourth-order valence-corrected chi connectivity index (χ4v) is 2.01. The SMILES string of the molecule is CCOC(=O)C[C@H]1NCC[C@@H]1NC(=O)OC(C)(C)C. The van der Waals surface area contributed by atoms with Crippen LogP contribution in [-0.4, -0.2) is 42.9 Å². The number of hydrogen-bond acceptors (Lipinski definition) is 5. The minimum atomic E-state index is -0.521. The Labute approximate surface area is 114 Å². The van der Waals surface area contributed by atoms with E-state index < -0.39 is 11.7 Å². The van der Waals surface area contributed by atoms with Crippen LogP contribution < -0.4 is 10.6 Å². The highest BCUT2D eigenvalue weighted by Gasteiger charge is 2.31. The quantitative estimate of drug-likeness (QED) is 0.752. The van der Waals surface area contributed by atoms with Crippen molar-refractivity contribution in [3.05, 3.63) is 0 Å². The summed E-state index contributed by atoms with van der Waals surface area (Å²) < 4.78 is 10.1. The lowest BCUT2D eigenvalue weighted by atomic mass is 10.1. The predicted octanol–water partition coefficient (Wildman–Crippen LogP) is 1.19. The van der Waals surface area contributed by atoms with E-state index in [1.807, 2.05) is 20.8 Å². The lowest BCUT2D eigenvalue weighted by molar-refractivity contribution is -0.143. The second-order valence-corrected chi connectivity index (χ2v) is 5.61. The Morgan fingerprint density at radius 3 is 2.63 bits per heavy atom. The molecular formula is C13H24N2O4. The molecule has 0 aliphatic carbocycles. The maximum Gasteiger partial charge on any atom is 0.407 e. The van der Waals surface area contributed by atoms with Gasteiger partial charge in [-0.1, -0.05) is 0 Å². The van der Waals surface area contributed by atoms with Gasteiger partial charge in [0.2, 0.25) is 0 Å². The minimum absolute atomic E-state index is 0.0911. The third kappa shape index (κ3) is 5.92. The first kappa shape index (κ1) is 15.8. The molecule has 0 radical (unpaired) electrons. The minimum Gasteiger partial charge on any atom is -0.466 e. The second-order valence-electron chi connectivity index (χ2n) is 5.61. The third-order valence-corrected chi connectivity index (χ3v) is 2.74. The lowest BCUT2D eigenvalue weighted by Gasteiger charge is -2.24. The molecule has 6 nitrogen and oxygen atoms in total. The molecule has 0 aromatic rings. The first-order chi connectivity index (χ1) is 8.81. The Morgan fingerprint density at radius 2 is 2.05 bits per heavy atom. The summed E-state index contributed by atoms with van der Waals surface area (Å²) in [5.74, 6) is -0.252. The van der Waals surface area contributed by atoms with Crippen LogP contribution in [0.3, 0.4) is 0 Å². The van der Waals surface area contributed by atoms with E-state index in [0.29, 0.717) is 6.61 Å². The van der Waals surface area contributed by atoms with Crippen molar-refractivity contribution in [1.82, 2.24) is 10.6 Å². The zero-order chi connectivity index (χ0) is 14.5.